The maximum absolute atomic E-state index is 13.1. The number of hydrogen-bond acceptors (Lipinski definition) is 2. The summed E-state index contributed by atoms with van der Waals surface area (Å²) in [5.74, 6) is 1.27. The van der Waals surface area contributed by atoms with Gasteiger partial charge in [-0.3, -0.25) is 0 Å². The third kappa shape index (κ3) is 3.21. The zero-order chi connectivity index (χ0) is 14.9. The Morgan fingerprint density at radius 3 is 2.64 bits per heavy atom. The minimum atomic E-state index is -0.127. The van der Waals surface area contributed by atoms with Crippen LogP contribution in [0, 0.1) is 11.7 Å². The molecule has 3 heteroatoms. The van der Waals surface area contributed by atoms with Gasteiger partial charge >= 0.3 is 0 Å². The topological polar surface area (TPSA) is 15.3 Å². The molecule has 1 aromatic rings. The van der Waals surface area contributed by atoms with E-state index in [4.69, 9.17) is 0 Å². The Labute approximate surface area is 133 Å². The van der Waals surface area contributed by atoms with Crippen LogP contribution in [-0.2, 0) is 0 Å². The molecule has 22 heavy (non-hydrogen) atoms. The number of halogens is 1. The quantitative estimate of drug-likeness (QED) is 0.895. The van der Waals surface area contributed by atoms with Crippen LogP contribution in [0.5, 0.6) is 0 Å². The first-order valence-electron chi connectivity index (χ1n) is 9.02. The highest BCUT2D eigenvalue weighted by Gasteiger charge is 2.35. The Hall–Kier alpha value is -0.930. The lowest BCUT2D eigenvalue weighted by Crippen LogP contribution is -2.36. The van der Waals surface area contributed by atoms with E-state index in [1.807, 2.05) is 12.1 Å². The molecule has 1 saturated heterocycles. The number of rotatable bonds is 5. The number of benzene rings is 1. The number of nitrogens with zero attached hydrogens (tertiary/aromatic N) is 1. The average molecular weight is 302 g/mol. The molecule has 0 unspecified atom stereocenters. The second kappa shape index (κ2) is 6.29. The molecule has 0 radical (unpaired) electrons. The van der Waals surface area contributed by atoms with Crippen molar-refractivity contribution in [3.63, 3.8) is 0 Å². The van der Waals surface area contributed by atoms with Crippen LogP contribution in [-0.4, -0.2) is 36.6 Å². The van der Waals surface area contributed by atoms with Crippen LogP contribution in [0.4, 0.5) is 4.39 Å². The molecule has 1 aromatic carbocycles. The second-order valence-electron chi connectivity index (χ2n) is 7.48. The SMILES string of the molecule is Fc1ccc([C@@H]2CCC[C@@H]2NC[C@@H]2CCN(C3CC3)C2)cc1. The van der Waals surface area contributed by atoms with Gasteiger partial charge in [0.2, 0.25) is 0 Å². The van der Waals surface area contributed by atoms with Crippen LogP contribution in [0.2, 0.25) is 0 Å². The third-order valence-electron chi connectivity index (χ3n) is 5.86. The van der Waals surface area contributed by atoms with Crippen molar-refractivity contribution in [2.24, 2.45) is 5.92 Å². The summed E-state index contributed by atoms with van der Waals surface area (Å²) in [5.41, 5.74) is 1.31. The minimum Gasteiger partial charge on any atom is -0.313 e. The monoisotopic (exact) mass is 302 g/mol. The van der Waals surface area contributed by atoms with Gasteiger partial charge < -0.3 is 10.2 Å². The predicted molar refractivity (Wildman–Crippen MR) is 87.5 cm³/mol. The maximum Gasteiger partial charge on any atom is 0.123 e. The molecule has 120 valence electrons. The van der Waals surface area contributed by atoms with Crippen LogP contribution in [0.3, 0.4) is 0 Å². The molecule has 4 rings (SSSR count). The van der Waals surface area contributed by atoms with Gasteiger partial charge in [-0.2, -0.15) is 0 Å². The van der Waals surface area contributed by atoms with Gasteiger partial charge in [0.05, 0.1) is 0 Å². The summed E-state index contributed by atoms with van der Waals surface area (Å²) in [6, 6.07) is 8.67. The fourth-order valence-corrected chi connectivity index (χ4v) is 4.43. The van der Waals surface area contributed by atoms with E-state index in [0.717, 1.165) is 18.5 Å². The molecule has 3 fully saturated rings. The molecule has 1 heterocycles. The Kier molecular flexibility index (Phi) is 4.19. The molecule has 2 aliphatic carbocycles. The first kappa shape index (κ1) is 14.6. The van der Waals surface area contributed by atoms with E-state index >= 15 is 0 Å². The molecule has 0 spiro atoms. The van der Waals surface area contributed by atoms with Gasteiger partial charge in [-0.1, -0.05) is 18.6 Å². The van der Waals surface area contributed by atoms with E-state index in [2.05, 4.69) is 10.2 Å². The van der Waals surface area contributed by atoms with E-state index in [1.54, 1.807) is 12.1 Å². The Morgan fingerprint density at radius 1 is 1.05 bits per heavy atom. The van der Waals surface area contributed by atoms with E-state index in [-0.39, 0.29) is 5.82 Å². The molecule has 2 nitrogen and oxygen atoms in total. The first-order valence-corrected chi connectivity index (χ1v) is 9.02. The number of hydrogen-bond donors (Lipinski definition) is 1. The second-order valence-corrected chi connectivity index (χ2v) is 7.48. The summed E-state index contributed by atoms with van der Waals surface area (Å²) in [6.45, 7) is 3.76. The smallest absolute Gasteiger partial charge is 0.123 e. The molecule has 0 amide bonds. The van der Waals surface area contributed by atoms with E-state index in [1.165, 1.54) is 57.2 Å². The molecule has 1 aliphatic heterocycles. The van der Waals surface area contributed by atoms with Gasteiger partial charge in [0, 0.05) is 18.6 Å². The first-order chi connectivity index (χ1) is 10.8. The Morgan fingerprint density at radius 2 is 1.86 bits per heavy atom. The van der Waals surface area contributed by atoms with Gasteiger partial charge in [0.15, 0.2) is 0 Å². The van der Waals surface area contributed by atoms with Crippen LogP contribution in [0.15, 0.2) is 24.3 Å². The molecule has 1 N–H and O–H groups in total. The highest BCUT2D eigenvalue weighted by Crippen LogP contribution is 2.35. The summed E-state index contributed by atoms with van der Waals surface area (Å²) in [6.07, 6.45) is 8.00. The molecular weight excluding hydrogens is 275 g/mol. The Balaban J connectivity index is 1.31. The van der Waals surface area contributed by atoms with E-state index < -0.39 is 0 Å². The van der Waals surface area contributed by atoms with Crippen molar-refractivity contribution in [1.82, 2.24) is 10.2 Å². The van der Waals surface area contributed by atoms with Crippen LogP contribution in [0.25, 0.3) is 0 Å². The van der Waals surface area contributed by atoms with Crippen LogP contribution < -0.4 is 5.32 Å². The van der Waals surface area contributed by atoms with Gasteiger partial charge in [-0.05, 0) is 74.7 Å². The van der Waals surface area contributed by atoms with Crippen molar-refractivity contribution in [3.8, 4) is 0 Å². The van der Waals surface area contributed by atoms with Crippen molar-refractivity contribution in [2.45, 2.75) is 56.5 Å². The van der Waals surface area contributed by atoms with Crippen molar-refractivity contribution in [3.05, 3.63) is 35.6 Å². The lowest BCUT2D eigenvalue weighted by Gasteiger charge is -2.23. The fraction of sp³-hybridized carbons (Fsp3) is 0.684. The van der Waals surface area contributed by atoms with Crippen molar-refractivity contribution in [1.29, 1.82) is 0 Å². The standard InChI is InChI=1S/C19H27FN2/c20-16-6-4-15(5-7-16)18-2-1-3-19(18)21-12-14-10-11-22(13-14)17-8-9-17/h4-7,14,17-19,21H,1-3,8-13H2/t14-,18-,19-/m0/s1. The number of likely N-dealkylation sites (tertiary alicyclic amines) is 1. The molecule has 3 aliphatic rings. The lowest BCUT2D eigenvalue weighted by atomic mass is 9.93. The summed E-state index contributed by atoms with van der Waals surface area (Å²) >= 11 is 0. The lowest BCUT2D eigenvalue weighted by molar-refractivity contribution is 0.308. The normalized spacial score (nSPS) is 32.7. The van der Waals surface area contributed by atoms with Gasteiger partial charge in [-0.25, -0.2) is 4.39 Å². The Bertz CT molecular complexity index is 497. The van der Waals surface area contributed by atoms with Crippen molar-refractivity contribution >= 4 is 0 Å². The fourth-order valence-electron chi connectivity index (χ4n) is 4.43. The summed E-state index contributed by atoms with van der Waals surface area (Å²) < 4.78 is 13.1. The molecule has 0 aromatic heterocycles. The zero-order valence-corrected chi connectivity index (χ0v) is 13.3. The van der Waals surface area contributed by atoms with Crippen molar-refractivity contribution < 1.29 is 4.39 Å². The predicted octanol–water partition coefficient (Wildman–Crippen LogP) is 3.54. The van der Waals surface area contributed by atoms with Crippen molar-refractivity contribution in [2.75, 3.05) is 19.6 Å². The van der Waals surface area contributed by atoms with Gasteiger partial charge in [-0.15, -0.1) is 0 Å². The van der Waals surface area contributed by atoms with Gasteiger partial charge in [0.25, 0.3) is 0 Å². The maximum atomic E-state index is 13.1. The number of nitrogens with one attached hydrogen (secondary N) is 1. The highest BCUT2D eigenvalue weighted by molar-refractivity contribution is 5.23. The summed E-state index contributed by atoms with van der Waals surface area (Å²) in [4.78, 5) is 2.69. The summed E-state index contributed by atoms with van der Waals surface area (Å²) in [5, 5.41) is 3.85. The van der Waals surface area contributed by atoms with Crippen LogP contribution >= 0.6 is 0 Å². The zero-order valence-electron chi connectivity index (χ0n) is 13.3. The highest BCUT2D eigenvalue weighted by atomic mass is 19.1. The molecule has 0 bridgehead atoms. The molecule has 3 atom stereocenters. The third-order valence-corrected chi connectivity index (χ3v) is 5.86. The summed E-state index contributed by atoms with van der Waals surface area (Å²) in [7, 11) is 0. The minimum absolute atomic E-state index is 0.127. The average Bonchev–Trinajstić information content (AvgIpc) is 3.10. The largest absolute Gasteiger partial charge is 0.313 e. The van der Waals surface area contributed by atoms with Gasteiger partial charge in [0.1, 0.15) is 5.82 Å². The molecule has 2 saturated carbocycles. The van der Waals surface area contributed by atoms with E-state index in [0.29, 0.717) is 12.0 Å². The van der Waals surface area contributed by atoms with E-state index in [9.17, 15) is 4.39 Å². The molecular formula is C19H27FN2. The van der Waals surface area contributed by atoms with Crippen LogP contribution in [0.1, 0.15) is 50.0 Å².